The number of carbonyl (C=O) groups excluding carboxylic acids is 1. The molecule has 1 aliphatic rings. The van der Waals surface area contributed by atoms with E-state index in [9.17, 15) is 9.59 Å². The Kier molecular flexibility index (Phi) is 5.44. The topological polar surface area (TPSA) is 98.7 Å². The maximum absolute atomic E-state index is 12.0. The number of aliphatic carboxylic acids is 1. The van der Waals surface area contributed by atoms with Crippen molar-refractivity contribution in [3.63, 3.8) is 0 Å². The van der Waals surface area contributed by atoms with Gasteiger partial charge in [-0.05, 0) is 6.07 Å². The summed E-state index contributed by atoms with van der Waals surface area (Å²) in [6.45, 7) is 3.53. The molecular weight excluding hydrogens is 274 g/mol. The van der Waals surface area contributed by atoms with Gasteiger partial charge < -0.3 is 15.3 Å². The van der Waals surface area contributed by atoms with Crippen molar-refractivity contribution in [3.8, 4) is 0 Å². The van der Waals surface area contributed by atoms with Gasteiger partial charge in [-0.3, -0.25) is 9.69 Å². The third-order valence-corrected chi connectivity index (χ3v) is 3.37. The molecule has 2 amide bonds. The number of rotatable bonds is 5. The van der Waals surface area contributed by atoms with Gasteiger partial charge in [-0.1, -0.05) is 0 Å². The van der Waals surface area contributed by atoms with Crippen LogP contribution in [-0.2, 0) is 11.3 Å². The van der Waals surface area contributed by atoms with Gasteiger partial charge in [0.2, 0.25) is 0 Å². The molecule has 0 unspecified atom stereocenters. The number of hydrogen-bond donors (Lipinski definition) is 2. The van der Waals surface area contributed by atoms with Gasteiger partial charge >= 0.3 is 12.0 Å². The largest absolute Gasteiger partial charge is 0.481 e. The molecule has 2 heterocycles. The number of piperazine rings is 1. The van der Waals surface area contributed by atoms with E-state index >= 15 is 0 Å². The highest BCUT2D eigenvalue weighted by Crippen LogP contribution is 2.03. The monoisotopic (exact) mass is 293 g/mol. The van der Waals surface area contributed by atoms with Gasteiger partial charge in [0.15, 0.2) is 0 Å². The molecule has 0 saturated carbocycles. The summed E-state index contributed by atoms with van der Waals surface area (Å²) in [5, 5.41) is 11.5. The van der Waals surface area contributed by atoms with E-state index in [1.54, 1.807) is 17.2 Å². The zero-order chi connectivity index (χ0) is 15.1. The smallest absolute Gasteiger partial charge is 0.317 e. The van der Waals surface area contributed by atoms with E-state index in [-0.39, 0.29) is 12.5 Å². The Balaban J connectivity index is 1.69. The number of amides is 2. The molecule has 2 N–H and O–H groups in total. The molecule has 0 aliphatic carbocycles. The van der Waals surface area contributed by atoms with Crippen molar-refractivity contribution in [2.24, 2.45) is 0 Å². The number of carboxylic acids is 1. The SMILES string of the molecule is O=C(O)CCN1CCN(C(=O)NCc2ccncn2)CC1. The van der Waals surface area contributed by atoms with Crippen molar-refractivity contribution >= 4 is 12.0 Å². The molecule has 8 nitrogen and oxygen atoms in total. The molecule has 1 aliphatic heterocycles. The lowest BCUT2D eigenvalue weighted by Crippen LogP contribution is -2.51. The van der Waals surface area contributed by atoms with Gasteiger partial charge in [0.05, 0.1) is 18.7 Å². The summed E-state index contributed by atoms with van der Waals surface area (Å²) in [7, 11) is 0. The Labute approximate surface area is 122 Å². The quantitative estimate of drug-likeness (QED) is 0.778. The normalized spacial score (nSPS) is 15.7. The second kappa shape index (κ2) is 7.53. The standard InChI is InChI=1S/C13H19N5O3/c19-12(20)2-4-17-5-7-18(8-6-17)13(21)15-9-11-1-3-14-10-16-11/h1,3,10H,2,4-9H2,(H,15,21)(H,19,20). The molecule has 8 heteroatoms. The Morgan fingerprint density at radius 2 is 2.05 bits per heavy atom. The Morgan fingerprint density at radius 3 is 2.67 bits per heavy atom. The van der Waals surface area contributed by atoms with Crippen LogP contribution in [-0.4, -0.2) is 69.6 Å². The van der Waals surface area contributed by atoms with Crippen LogP contribution >= 0.6 is 0 Å². The third-order valence-electron chi connectivity index (χ3n) is 3.37. The van der Waals surface area contributed by atoms with Gasteiger partial charge in [0, 0.05) is 38.9 Å². The summed E-state index contributed by atoms with van der Waals surface area (Å²) < 4.78 is 0. The van der Waals surface area contributed by atoms with E-state index in [1.807, 2.05) is 0 Å². The number of carbonyl (C=O) groups is 2. The fourth-order valence-corrected chi connectivity index (χ4v) is 2.13. The first-order chi connectivity index (χ1) is 10.1. The van der Waals surface area contributed by atoms with Crippen LogP contribution in [0.5, 0.6) is 0 Å². The second-order valence-corrected chi connectivity index (χ2v) is 4.83. The molecule has 0 radical (unpaired) electrons. The highest BCUT2D eigenvalue weighted by molar-refractivity contribution is 5.74. The minimum Gasteiger partial charge on any atom is -0.481 e. The number of urea groups is 1. The lowest BCUT2D eigenvalue weighted by molar-refractivity contribution is -0.137. The summed E-state index contributed by atoms with van der Waals surface area (Å²) >= 11 is 0. The molecular formula is C13H19N5O3. The van der Waals surface area contributed by atoms with Crippen LogP contribution in [0.2, 0.25) is 0 Å². The second-order valence-electron chi connectivity index (χ2n) is 4.83. The first kappa shape index (κ1) is 15.2. The summed E-state index contributed by atoms with van der Waals surface area (Å²) in [6, 6.07) is 1.64. The highest BCUT2D eigenvalue weighted by atomic mass is 16.4. The molecule has 0 aromatic carbocycles. The van der Waals surface area contributed by atoms with Crippen molar-refractivity contribution in [1.82, 2.24) is 25.1 Å². The van der Waals surface area contributed by atoms with Crippen LogP contribution < -0.4 is 5.32 Å². The minimum atomic E-state index is -0.792. The van der Waals surface area contributed by atoms with Crippen LogP contribution in [0.3, 0.4) is 0 Å². The zero-order valence-electron chi connectivity index (χ0n) is 11.7. The van der Waals surface area contributed by atoms with Crippen molar-refractivity contribution in [2.75, 3.05) is 32.7 Å². The zero-order valence-corrected chi connectivity index (χ0v) is 11.7. The summed E-state index contributed by atoms with van der Waals surface area (Å²) in [5.74, 6) is -0.792. The predicted molar refractivity (Wildman–Crippen MR) is 74.5 cm³/mol. The predicted octanol–water partition coefficient (Wildman–Crippen LogP) is -0.221. The molecule has 1 aromatic heterocycles. The summed E-state index contributed by atoms with van der Waals surface area (Å²) in [4.78, 5) is 34.2. The molecule has 114 valence electrons. The van der Waals surface area contributed by atoms with Crippen LogP contribution in [0.15, 0.2) is 18.6 Å². The van der Waals surface area contributed by atoms with Gasteiger partial charge in [0.25, 0.3) is 0 Å². The number of nitrogens with one attached hydrogen (secondary N) is 1. The Bertz CT molecular complexity index is 474. The molecule has 2 rings (SSSR count). The number of nitrogens with zero attached hydrogens (tertiary/aromatic N) is 4. The molecule has 1 fully saturated rings. The minimum absolute atomic E-state index is 0.119. The van der Waals surface area contributed by atoms with Crippen molar-refractivity contribution in [1.29, 1.82) is 0 Å². The summed E-state index contributed by atoms with van der Waals surface area (Å²) in [6.07, 6.45) is 3.22. The third kappa shape index (κ3) is 4.99. The molecule has 0 atom stereocenters. The van der Waals surface area contributed by atoms with E-state index in [4.69, 9.17) is 5.11 Å². The molecule has 0 bridgehead atoms. The van der Waals surface area contributed by atoms with Gasteiger partial charge in [-0.2, -0.15) is 0 Å². The lowest BCUT2D eigenvalue weighted by atomic mass is 10.3. The van der Waals surface area contributed by atoms with Gasteiger partial charge in [-0.15, -0.1) is 0 Å². The first-order valence-corrected chi connectivity index (χ1v) is 6.87. The van der Waals surface area contributed by atoms with E-state index in [0.717, 1.165) is 5.69 Å². The van der Waals surface area contributed by atoms with E-state index in [1.165, 1.54) is 6.33 Å². The maximum Gasteiger partial charge on any atom is 0.317 e. The lowest BCUT2D eigenvalue weighted by Gasteiger charge is -2.34. The van der Waals surface area contributed by atoms with Crippen LogP contribution in [0.1, 0.15) is 12.1 Å². The molecule has 1 saturated heterocycles. The van der Waals surface area contributed by atoms with Crippen molar-refractivity contribution < 1.29 is 14.7 Å². The van der Waals surface area contributed by atoms with Gasteiger partial charge in [0.1, 0.15) is 6.33 Å². The van der Waals surface area contributed by atoms with E-state index < -0.39 is 5.97 Å². The van der Waals surface area contributed by atoms with Gasteiger partial charge in [-0.25, -0.2) is 14.8 Å². The van der Waals surface area contributed by atoms with E-state index in [2.05, 4.69) is 20.2 Å². The number of hydrogen-bond acceptors (Lipinski definition) is 5. The average molecular weight is 293 g/mol. The number of carboxylic acid groups (broad SMARTS) is 1. The fraction of sp³-hybridized carbons (Fsp3) is 0.538. The van der Waals surface area contributed by atoms with Crippen LogP contribution in [0, 0.1) is 0 Å². The first-order valence-electron chi connectivity index (χ1n) is 6.87. The Hall–Kier alpha value is -2.22. The molecule has 0 spiro atoms. The van der Waals surface area contributed by atoms with Crippen LogP contribution in [0.4, 0.5) is 4.79 Å². The maximum atomic E-state index is 12.0. The highest BCUT2D eigenvalue weighted by Gasteiger charge is 2.21. The fourth-order valence-electron chi connectivity index (χ4n) is 2.13. The van der Waals surface area contributed by atoms with Crippen molar-refractivity contribution in [2.45, 2.75) is 13.0 Å². The number of aromatic nitrogens is 2. The van der Waals surface area contributed by atoms with E-state index in [0.29, 0.717) is 39.3 Å². The van der Waals surface area contributed by atoms with Crippen LogP contribution in [0.25, 0.3) is 0 Å². The summed E-state index contributed by atoms with van der Waals surface area (Å²) in [5.41, 5.74) is 0.762. The Morgan fingerprint density at radius 1 is 1.29 bits per heavy atom. The average Bonchev–Trinajstić information content (AvgIpc) is 2.52. The molecule has 21 heavy (non-hydrogen) atoms. The molecule has 1 aromatic rings. The van der Waals surface area contributed by atoms with Crippen molar-refractivity contribution in [3.05, 3.63) is 24.3 Å².